The lowest BCUT2D eigenvalue weighted by Gasteiger charge is -2.22. The normalized spacial score (nSPS) is 14.4. The van der Waals surface area contributed by atoms with Gasteiger partial charge in [0.05, 0.1) is 12.6 Å². The number of nitrogens with one attached hydrogen (secondary N) is 1. The van der Waals surface area contributed by atoms with Gasteiger partial charge >= 0.3 is 12.0 Å². The van der Waals surface area contributed by atoms with Crippen molar-refractivity contribution in [2.45, 2.75) is 25.5 Å². The summed E-state index contributed by atoms with van der Waals surface area (Å²) in [7, 11) is 1.10. The molecule has 0 bridgehead atoms. The largest absolute Gasteiger partial charge is 0.480 e. The summed E-state index contributed by atoms with van der Waals surface area (Å²) in [5.74, 6) is -1.44. The number of carbonyl (C=O) groups is 2. The van der Waals surface area contributed by atoms with Crippen molar-refractivity contribution in [2.75, 3.05) is 13.6 Å². The lowest BCUT2D eigenvalue weighted by atomic mass is 10.2. The van der Waals surface area contributed by atoms with Crippen molar-refractivity contribution in [1.82, 2.24) is 10.2 Å². The zero-order valence-electron chi connectivity index (χ0n) is 8.85. The molecule has 2 amide bonds. The minimum Gasteiger partial charge on any atom is -0.480 e. The second-order valence-corrected chi connectivity index (χ2v) is 3.28. The van der Waals surface area contributed by atoms with Gasteiger partial charge in [-0.25, -0.2) is 18.4 Å². The molecule has 2 unspecified atom stereocenters. The van der Waals surface area contributed by atoms with Crippen molar-refractivity contribution in [3.05, 3.63) is 0 Å². The molecule has 0 heterocycles. The van der Waals surface area contributed by atoms with Crippen LogP contribution in [0.3, 0.4) is 0 Å². The van der Waals surface area contributed by atoms with Gasteiger partial charge in [-0.05, 0) is 6.92 Å². The van der Waals surface area contributed by atoms with Gasteiger partial charge in [0.25, 0.3) is 6.43 Å². The second-order valence-electron chi connectivity index (χ2n) is 3.28. The van der Waals surface area contributed by atoms with Crippen LogP contribution in [-0.2, 0) is 4.79 Å². The molecule has 8 heteroatoms. The van der Waals surface area contributed by atoms with Gasteiger partial charge in [-0.3, -0.25) is 0 Å². The number of aliphatic hydroxyl groups excluding tert-OH is 1. The number of carboxylic acid groups (broad SMARTS) is 1. The first-order chi connectivity index (χ1) is 7.25. The number of aliphatic hydroxyl groups is 1. The summed E-state index contributed by atoms with van der Waals surface area (Å²) in [5.41, 5.74) is 0. The Kier molecular flexibility index (Phi) is 5.65. The van der Waals surface area contributed by atoms with Crippen LogP contribution in [0.4, 0.5) is 13.6 Å². The van der Waals surface area contributed by atoms with E-state index in [1.54, 1.807) is 0 Å². The fourth-order valence-corrected chi connectivity index (χ4v) is 0.922. The maximum atomic E-state index is 11.9. The zero-order valence-corrected chi connectivity index (χ0v) is 8.85. The highest BCUT2D eigenvalue weighted by atomic mass is 19.3. The molecule has 0 saturated heterocycles. The van der Waals surface area contributed by atoms with E-state index in [1.807, 2.05) is 5.32 Å². The highest BCUT2D eigenvalue weighted by Gasteiger charge is 2.26. The van der Waals surface area contributed by atoms with Gasteiger partial charge in [-0.15, -0.1) is 0 Å². The van der Waals surface area contributed by atoms with Crippen LogP contribution < -0.4 is 5.32 Å². The topological polar surface area (TPSA) is 89.9 Å². The van der Waals surface area contributed by atoms with Gasteiger partial charge in [0.15, 0.2) is 6.04 Å². The number of hydrogen-bond acceptors (Lipinski definition) is 3. The van der Waals surface area contributed by atoms with Crippen LogP contribution in [0.2, 0.25) is 0 Å². The summed E-state index contributed by atoms with van der Waals surface area (Å²) in [4.78, 5) is 22.4. The molecule has 3 N–H and O–H groups in total. The van der Waals surface area contributed by atoms with Gasteiger partial charge in [0, 0.05) is 7.05 Å². The smallest absolute Gasteiger partial charge is 0.328 e. The van der Waals surface area contributed by atoms with Gasteiger partial charge in [0.2, 0.25) is 0 Å². The number of alkyl halides is 2. The first-order valence-electron chi connectivity index (χ1n) is 4.46. The summed E-state index contributed by atoms with van der Waals surface area (Å²) in [6, 6.07) is -2.50. The van der Waals surface area contributed by atoms with E-state index in [9.17, 15) is 18.4 Å². The first-order valence-corrected chi connectivity index (χ1v) is 4.46. The molecule has 0 spiro atoms. The average Bonchev–Trinajstić information content (AvgIpc) is 2.11. The predicted octanol–water partition coefficient (Wildman–Crippen LogP) is -0.273. The van der Waals surface area contributed by atoms with E-state index in [0.717, 1.165) is 7.05 Å². The lowest BCUT2D eigenvalue weighted by molar-refractivity contribution is -0.141. The van der Waals surface area contributed by atoms with Crippen LogP contribution in [0.15, 0.2) is 0 Å². The van der Waals surface area contributed by atoms with Crippen molar-refractivity contribution in [3.8, 4) is 0 Å². The number of aliphatic carboxylic acids is 1. The molecule has 0 rings (SSSR count). The average molecular weight is 240 g/mol. The Morgan fingerprint density at radius 1 is 1.44 bits per heavy atom. The number of hydrogen-bond donors (Lipinski definition) is 3. The highest BCUT2D eigenvalue weighted by molar-refractivity contribution is 5.82. The Bertz CT molecular complexity index is 260. The molecule has 2 atom stereocenters. The number of urea groups is 1. The van der Waals surface area contributed by atoms with Gasteiger partial charge < -0.3 is 20.4 Å². The van der Waals surface area contributed by atoms with Crippen LogP contribution in [-0.4, -0.2) is 59.3 Å². The summed E-state index contributed by atoms with van der Waals surface area (Å²) in [6.45, 7) is 0.365. The van der Waals surface area contributed by atoms with Crippen LogP contribution in [0.5, 0.6) is 0 Å². The molecule has 0 fully saturated rings. The van der Waals surface area contributed by atoms with E-state index in [0.29, 0.717) is 4.90 Å². The van der Waals surface area contributed by atoms with Gasteiger partial charge in [-0.2, -0.15) is 0 Å². The number of amides is 2. The van der Waals surface area contributed by atoms with E-state index in [1.165, 1.54) is 6.92 Å². The van der Waals surface area contributed by atoms with Crippen molar-refractivity contribution in [3.63, 3.8) is 0 Å². The van der Waals surface area contributed by atoms with Crippen LogP contribution >= 0.6 is 0 Å². The molecular weight excluding hydrogens is 226 g/mol. The monoisotopic (exact) mass is 240 g/mol. The third-order valence-corrected chi connectivity index (χ3v) is 1.79. The molecule has 0 aromatic rings. The number of halogens is 2. The summed E-state index contributed by atoms with van der Waals surface area (Å²) >= 11 is 0. The Balaban J connectivity index is 4.35. The Morgan fingerprint density at radius 3 is 2.25 bits per heavy atom. The van der Waals surface area contributed by atoms with E-state index in [2.05, 4.69) is 0 Å². The minimum atomic E-state index is -2.70. The van der Waals surface area contributed by atoms with Gasteiger partial charge in [0.1, 0.15) is 0 Å². The standard InChI is InChI=1S/C8H14F2N2O4/c1-4(13)6(7(14)15)11-8(16)12(2)3-5(9)10/h4-6,13H,3H2,1-2H3,(H,11,16)(H,14,15). The van der Waals surface area contributed by atoms with Crippen molar-refractivity contribution >= 4 is 12.0 Å². The number of rotatable bonds is 5. The molecule has 16 heavy (non-hydrogen) atoms. The molecule has 0 aliphatic carbocycles. The van der Waals surface area contributed by atoms with Crippen molar-refractivity contribution in [1.29, 1.82) is 0 Å². The summed E-state index contributed by atoms with van der Waals surface area (Å²) in [6.07, 6.45) is -4.02. The number of carboxylic acids is 1. The van der Waals surface area contributed by atoms with E-state index >= 15 is 0 Å². The molecule has 0 aromatic carbocycles. The van der Waals surface area contributed by atoms with Crippen LogP contribution in [0.1, 0.15) is 6.92 Å². The molecule has 0 saturated carbocycles. The van der Waals surface area contributed by atoms with E-state index in [4.69, 9.17) is 10.2 Å². The summed E-state index contributed by atoms with van der Waals surface area (Å²) < 4.78 is 23.8. The zero-order chi connectivity index (χ0) is 12.9. The molecule has 0 aliphatic heterocycles. The predicted molar refractivity (Wildman–Crippen MR) is 50.3 cm³/mol. The van der Waals surface area contributed by atoms with Crippen LogP contribution in [0.25, 0.3) is 0 Å². The maximum absolute atomic E-state index is 11.9. The maximum Gasteiger partial charge on any atom is 0.328 e. The molecule has 0 radical (unpaired) electrons. The molecule has 6 nitrogen and oxygen atoms in total. The highest BCUT2D eigenvalue weighted by Crippen LogP contribution is 1.98. The first kappa shape index (κ1) is 14.6. The third kappa shape index (κ3) is 4.87. The quantitative estimate of drug-likeness (QED) is 0.617. The lowest BCUT2D eigenvalue weighted by Crippen LogP contribution is -2.52. The fourth-order valence-electron chi connectivity index (χ4n) is 0.922. The SMILES string of the molecule is CC(O)C(NC(=O)N(C)CC(F)F)C(=O)O. The Morgan fingerprint density at radius 2 is 1.94 bits per heavy atom. The molecular formula is C8H14F2N2O4. The molecule has 94 valence electrons. The third-order valence-electron chi connectivity index (χ3n) is 1.79. The van der Waals surface area contributed by atoms with Crippen LogP contribution in [0, 0.1) is 0 Å². The number of carbonyl (C=O) groups excluding carboxylic acids is 1. The molecule has 0 aromatic heterocycles. The van der Waals surface area contributed by atoms with Crippen molar-refractivity contribution < 1.29 is 28.6 Å². The Hall–Kier alpha value is -1.44. The Labute approximate surface area is 90.8 Å². The number of nitrogens with zero attached hydrogens (tertiary/aromatic N) is 1. The van der Waals surface area contributed by atoms with E-state index < -0.39 is 37.1 Å². The molecule has 0 aliphatic rings. The fraction of sp³-hybridized carbons (Fsp3) is 0.750. The van der Waals surface area contributed by atoms with Crippen molar-refractivity contribution in [2.24, 2.45) is 0 Å². The second kappa shape index (κ2) is 6.21. The minimum absolute atomic E-state index is 0.642. The van der Waals surface area contributed by atoms with E-state index in [-0.39, 0.29) is 0 Å². The summed E-state index contributed by atoms with van der Waals surface area (Å²) in [5, 5.41) is 19.6. The van der Waals surface area contributed by atoms with Gasteiger partial charge in [-0.1, -0.05) is 0 Å².